The molecule has 0 unspecified atom stereocenters. The lowest BCUT2D eigenvalue weighted by Gasteiger charge is -2.08. The van der Waals surface area contributed by atoms with Gasteiger partial charge in [0.2, 0.25) is 11.8 Å². The van der Waals surface area contributed by atoms with Gasteiger partial charge in [0, 0.05) is 15.8 Å². The minimum atomic E-state index is -0.450. The summed E-state index contributed by atoms with van der Waals surface area (Å²) < 4.78 is 6.37. The summed E-state index contributed by atoms with van der Waals surface area (Å²) in [6.45, 7) is -0.165. The van der Waals surface area contributed by atoms with E-state index in [0.717, 1.165) is 10.4 Å². The third-order valence-corrected chi connectivity index (χ3v) is 5.94. The summed E-state index contributed by atoms with van der Waals surface area (Å²) in [6, 6.07) is 7.33. The molecule has 0 bridgehead atoms. The van der Waals surface area contributed by atoms with Crippen LogP contribution in [-0.2, 0) is 22.7 Å². The molecule has 4 heterocycles. The van der Waals surface area contributed by atoms with Crippen molar-refractivity contribution in [3.8, 4) is 10.4 Å². The van der Waals surface area contributed by atoms with E-state index in [4.69, 9.17) is 4.42 Å². The van der Waals surface area contributed by atoms with E-state index in [-0.39, 0.29) is 31.1 Å². The van der Waals surface area contributed by atoms with E-state index in [9.17, 15) is 14.4 Å². The van der Waals surface area contributed by atoms with Crippen LogP contribution in [0.25, 0.3) is 20.7 Å². The average molecular weight is 428 g/mol. The van der Waals surface area contributed by atoms with Crippen molar-refractivity contribution in [3.63, 3.8) is 0 Å². The van der Waals surface area contributed by atoms with Crippen LogP contribution in [0, 0.1) is 0 Å². The monoisotopic (exact) mass is 428 g/mol. The van der Waals surface area contributed by atoms with Crippen molar-refractivity contribution >= 4 is 44.7 Å². The molecule has 8 nitrogen and oxygen atoms in total. The fraction of sp³-hybridized carbons (Fsp3) is 0.158. The van der Waals surface area contributed by atoms with E-state index < -0.39 is 5.91 Å². The van der Waals surface area contributed by atoms with Crippen LogP contribution in [0.4, 0.5) is 0 Å². The van der Waals surface area contributed by atoms with Crippen LogP contribution in [0.1, 0.15) is 5.76 Å². The summed E-state index contributed by atoms with van der Waals surface area (Å²) in [5.41, 5.74) is 0.543. The lowest BCUT2D eigenvalue weighted by molar-refractivity contribution is -0.126. The Morgan fingerprint density at radius 2 is 2.03 bits per heavy atom. The predicted octanol–water partition coefficient (Wildman–Crippen LogP) is 2.21. The molecule has 4 aromatic rings. The van der Waals surface area contributed by atoms with Crippen molar-refractivity contribution < 1.29 is 14.0 Å². The average Bonchev–Trinajstić information content (AvgIpc) is 3.47. The van der Waals surface area contributed by atoms with Crippen LogP contribution in [0.5, 0.6) is 0 Å². The standard InChI is InChI=1S/C19H16N4O4S2/c24-15(20-7-12-3-1-5-27-12)8-21-16(25)9-23-11-22-18-17(19(23)26)13(10-29-18)14-4-2-6-28-14/h1-6,10-11H,7-9H2,(H,20,24)(H,21,25). The van der Waals surface area contributed by atoms with Gasteiger partial charge in [-0.2, -0.15) is 0 Å². The van der Waals surface area contributed by atoms with Crippen molar-refractivity contribution in [2.24, 2.45) is 0 Å². The molecule has 0 spiro atoms. The van der Waals surface area contributed by atoms with Gasteiger partial charge >= 0.3 is 0 Å². The van der Waals surface area contributed by atoms with Gasteiger partial charge in [-0.1, -0.05) is 6.07 Å². The van der Waals surface area contributed by atoms with Crippen LogP contribution in [-0.4, -0.2) is 27.9 Å². The minimum Gasteiger partial charge on any atom is -0.467 e. The number of carbonyl (C=O) groups is 2. The Labute approximate surface area is 172 Å². The SMILES string of the molecule is O=C(CNC(=O)Cn1cnc2scc(-c3cccs3)c2c1=O)NCc1ccco1. The van der Waals surface area contributed by atoms with E-state index in [2.05, 4.69) is 15.6 Å². The number of thiophene rings is 2. The molecule has 4 aromatic heterocycles. The number of aromatic nitrogens is 2. The Kier molecular flexibility index (Phi) is 5.54. The second-order valence-corrected chi connectivity index (χ2v) is 7.92. The third kappa shape index (κ3) is 4.28. The summed E-state index contributed by atoms with van der Waals surface area (Å²) in [6.07, 6.45) is 2.87. The molecule has 0 aliphatic rings. The smallest absolute Gasteiger partial charge is 0.263 e. The molecular weight excluding hydrogens is 412 g/mol. The molecule has 4 rings (SSSR count). The highest BCUT2D eigenvalue weighted by Crippen LogP contribution is 2.33. The zero-order valence-corrected chi connectivity index (χ0v) is 16.7. The first-order valence-corrected chi connectivity index (χ1v) is 10.4. The number of nitrogens with zero attached hydrogens (tertiary/aromatic N) is 2. The lowest BCUT2D eigenvalue weighted by Crippen LogP contribution is -2.39. The second-order valence-electron chi connectivity index (χ2n) is 6.12. The molecule has 0 aliphatic heterocycles. The Balaban J connectivity index is 1.40. The Bertz CT molecular complexity index is 1190. The van der Waals surface area contributed by atoms with Gasteiger partial charge in [-0.25, -0.2) is 4.98 Å². The van der Waals surface area contributed by atoms with Gasteiger partial charge in [0.1, 0.15) is 17.1 Å². The Morgan fingerprint density at radius 3 is 2.79 bits per heavy atom. The van der Waals surface area contributed by atoms with Gasteiger partial charge in [0.15, 0.2) is 0 Å². The van der Waals surface area contributed by atoms with Crippen LogP contribution in [0.15, 0.2) is 56.8 Å². The van der Waals surface area contributed by atoms with Crippen LogP contribution < -0.4 is 16.2 Å². The summed E-state index contributed by atoms with van der Waals surface area (Å²) in [5, 5.41) is 9.49. The maximum Gasteiger partial charge on any atom is 0.263 e. The van der Waals surface area contributed by atoms with Crippen molar-refractivity contribution in [1.82, 2.24) is 20.2 Å². The van der Waals surface area contributed by atoms with Gasteiger partial charge < -0.3 is 15.1 Å². The van der Waals surface area contributed by atoms with E-state index in [1.807, 2.05) is 22.9 Å². The minimum absolute atomic E-state index is 0.192. The van der Waals surface area contributed by atoms with Gasteiger partial charge in [0.25, 0.3) is 5.56 Å². The highest BCUT2D eigenvalue weighted by atomic mass is 32.1. The zero-order chi connectivity index (χ0) is 20.2. The van der Waals surface area contributed by atoms with Crippen LogP contribution in [0.2, 0.25) is 0 Å². The second kappa shape index (κ2) is 8.41. The molecule has 2 amide bonds. The van der Waals surface area contributed by atoms with Crippen molar-refractivity contribution in [3.05, 3.63) is 63.7 Å². The molecule has 0 aliphatic carbocycles. The fourth-order valence-electron chi connectivity index (χ4n) is 2.74. The number of hydrogen-bond acceptors (Lipinski definition) is 7. The lowest BCUT2D eigenvalue weighted by atomic mass is 10.2. The van der Waals surface area contributed by atoms with Gasteiger partial charge in [-0.05, 0) is 23.6 Å². The van der Waals surface area contributed by atoms with E-state index in [1.165, 1.54) is 39.8 Å². The summed E-state index contributed by atoms with van der Waals surface area (Å²) >= 11 is 2.93. The maximum atomic E-state index is 12.9. The van der Waals surface area contributed by atoms with Crippen molar-refractivity contribution in [1.29, 1.82) is 0 Å². The number of rotatable bonds is 7. The third-order valence-electron chi connectivity index (χ3n) is 4.15. The number of furan rings is 1. The highest BCUT2D eigenvalue weighted by Gasteiger charge is 2.15. The first-order chi connectivity index (χ1) is 14.1. The highest BCUT2D eigenvalue weighted by molar-refractivity contribution is 7.18. The largest absolute Gasteiger partial charge is 0.467 e. The van der Waals surface area contributed by atoms with E-state index in [1.54, 1.807) is 12.1 Å². The molecular formula is C19H16N4O4S2. The van der Waals surface area contributed by atoms with Gasteiger partial charge in [-0.15, -0.1) is 22.7 Å². The normalized spacial score (nSPS) is 10.9. The van der Waals surface area contributed by atoms with Crippen LogP contribution in [0.3, 0.4) is 0 Å². The van der Waals surface area contributed by atoms with E-state index >= 15 is 0 Å². The fourth-order valence-corrected chi connectivity index (χ4v) is 4.47. The molecule has 0 aromatic carbocycles. The molecule has 0 radical (unpaired) electrons. The topological polar surface area (TPSA) is 106 Å². The summed E-state index contributed by atoms with van der Waals surface area (Å²) in [7, 11) is 0. The molecule has 29 heavy (non-hydrogen) atoms. The van der Waals surface area contributed by atoms with E-state index in [0.29, 0.717) is 16.0 Å². The number of fused-ring (bicyclic) bond motifs is 1. The molecule has 0 saturated heterocycles. The number of hydrogen-bond donors (Lipinski definition) is 2. The first-order valence-electron chi connectivity index (χ1n) is 8.68. The Morgan fingerprint density at radius 1 is 1.14 bits per heavy atom. The molecule has 148 valence electrons. The number of amides is 2. The molecule has 2 N–H and O–H groups in total. The quantitative estimate of drug-likeness (QED) is 0.469. The van der Waals surface area contributed by atoms with Gasteiger partial charge in [-0.3, -0.25) is 19.0 Å². The summed E-state index contributed by atoms with van der Waals surface area (Å²) in [4.78, 5) is 42.8. The Hall–Kier alpha value is -3.24. The predicted molar refractivity (Wildman–Crippen MR) is 111 cm³/mol. The molecule has 10 heteroatoms. The van der Waals surface area contributed by atoms with Crippen molar-refractivity contribution in [2.45, 2.75) is 13.1 Å². The zero-order valence-electron chi connectivity index (χ0n) is 15.1. The van der Waals surface area contributed by atoms with Gasteiger partial charge in [0.05, 0.1) is 31.1 Å². The first kappa shape index (κ1) is 19.1. The maximum absolute atomic E-state index is 12.9. The molecule has 0 saturated carbocycles. The molecule has 0 fully saturated rings. The van der Waals surface area contributed by atoms with Crippen LogP contribution >= 0.6 is 22.7 Å². The van der Waals surface area contributed by atoms with Crippen molar-refractivity contribution in [2.75, 3.05) is 6.54 Å². The summed E-state index contributed by atoms with van der Waals surface area (Å²) in [5.74, 6) is -0.185. The number of carbonyl (C=O) groups excluding carboxylic acids is 2. The number of nitrogens with one attached hydrogen (secondary N) is 2. The molecule has 0 atom stereocenters.